The van der Waals surface area contributed by atoms with Gasteiger partial charge in [0.1, 0.15) is 0 Å². The number of nitrogens with zero attached hydrogens (tertiary/aromatic N) is 2. The summed E-state index contributed by atoms with van der Waals surface area (Å²) in [5.41, 5.74) is 2.81. The number of amides is 2. The predicted molar refractivity (Wildman–Crippen MR) is 108 cm³/mol. The first-order valence-electron chi connectivity index (χ1n) is 9.00. The molecule has 0 saturated carbocycles. The van der Waals surface area contributed by atoms with Crippen LogP contribution in [0.1, 0.15) is 18.0 Å². The monoisotopic (exact) mass is 362 g/mol. The normalized spacial score (nSPS) is 16.1. The molecule has 3 aromatic rings. The lowest BCUT2D eigenvalue weighted by Crippen LogP contribution is -2.38. The molecular weight excluding hydrogens is 340 g/mol. The number of aryl methyl sites for hydroxylation is 1. The van der Waals surface area contributed by atoms with Crippen LogP contribution in [0.4, 0.5) is 16.2 Å². The number of nitrogens with one attached hydrogen (secondary N) is 2. The van der Waals surface area contributed by atoms with E-state index in [0.717, 1.165) is 29.6 Å². The van der Waals surface area contributed by atoms with Crippen molar-refractivity contribution in [2.75, 3.05) is 23.8 Å². The van der Waals surface area contributed by atoms with Crippen molar-refractivity contribution in [1.29, 1.82) is 0 Å². The molecule has 0 spiro atoms. The van der Waals surface area contributed by atoms with Crippen LogP contribution < -0.4 is 21.1 Å². The molecule has 0 fully saturated rings. The van der Waals surface area contributed by atoms with Gasteiger partial charge in [-0.3, -0.25) is 4.79 Å². The zero-order valence-electron chi connectivity index (χ0n) is 15.4. The van der Waals surface area contributed by atoms with Crippen molar-refractivity contribution in [1.82, 2.24) is 9.88 Å². The number of carbonyl (C=O) groups excluding carboxylic acids is 1. The van der Waals surface area contributed by atoms with Crippen LogP contribution in [-0.2, 0) is 7.05 Å². The highest BCUT2D eigenvalue weighted by atomic mass is 16.2. The predicted octanol–water partition coefficient (Wildman–Crippen LogP) is 3.24. The molecule has 2 aromatic carbocycles. The molecule has 0 aliphatic carbocycles. The van der Waals surface area contributed by atoms with Crippen molar-refractivity contribution in [3.63, 3.8) is 0 Å². The molecule has 2 N–H and O–H groups in total. The zero-order chi connectivity index (χ0) is 19.0. The van der Waals surface area contributed by atoms with E-state index < -0.39 is 0 Å². The number of carbonyl (C=O) groups is 1. The van der Waals surface area contributed by atoms with E-state index in [1.54, 1.807) is 25.4 Å². The lowest BCUT2D eigenvalue weighted by molar-refractivity contribution is 0.247. The van der Waals surface area contributed by atoms with E-state index in [0.29, 0.717) is 11.1 Å². The van der Waals surface area contributed by atoms with Crippen molar-refractivity contribution < 1.29 is 4.79 Å². The van der Waals surface area contributed by atoms with Gasteiger partial charge in [-0.05, 0) is 36.2 Å². The Hall–Kier alpha value is -3.28. The summed E-state index contributed by atoms with van der Waals surface area (Å²) in [6.07, 6.45) is 2.55. The molecule has 6 nitrogen and oxygen atoms in total. The molecule has 1 aromatic heterocycles. The summed E-state index contributed by atoms with van der Waals surface area (Å²) in [4.78, 5) is 27.1. The van der Waals surface area contributed by atoms with Gasteiger partial charge in [-0.25, -0.2) is 4.79 Å². The number of aromatic nitrogens is 1. The number of rotatable bonds is 2. The molecule has 1 aliphatic rings. The number of hydrogen-bond acceptors (Lipinski definition) is 3. The van der Waals surface area contributed by atoms with Gasteiger partial charge >= 0.3 is 6.03 Å². The van der Waals surface area contributed by atoms with Gasteiger partial charge in [-0.1, -0.05) is 24.3 Å². The Bertz CT molecular complexity index is 1070. The average Bonchev–Trinajstić information content (AvgIpc) is 2.67. The fourth-order valence-corrected chi connectivity index (χ4v) is 3.68. The summed E-state index contributed by atoms with van der Waals surface area (Å²) in [5, 5.41) is 7.31. The van der Waals surface area contributed by atoms with Crippen molar-refractivity contribution in [2.24, 2.45) is 7.05 Å². The highest BCUT2D eigenvalue weighted by Gasteiger charge is 2.24. The Morgan fingerprint density at radius 1 is 1.04 bits per heavy atom. The topological polar surface area (TPSA) is 66.4 Å². The van der Waals surface area contributed by atoms with Gasteiger partial charge in [-0.2, -0.15) is 0 Å². The van der Waals surface area contributed by atoms with Gasteiger partial charge in [0.05, 0.1) is 11.7 Å². The number of urea groups is 1. The second kappa shape index (κ2) is 6.79. The van der Waals surface area contributed by atoms with E-state index in [2.05, 4.69) is 34.7 Å². The molecule has 1 unspecified atom stereocenters. The van der Waals surface area contributed by atoms with E-state index in [1.165, 1.54) is 4.57 Å². The van der Waals surface area contributed by atoms with Crippen LogP contribution in [0, 0.1) is 0 Å². The second-order valence-electron chi connectivity index (χ2n) is 6.92. The van der Waals surface area contributed by atoms with Gasteiger partial charge in [0.15, 0.2) is 0 Å². The minimum atomic E-state index is -0.271. The quantitative estimate of drug-likeness (QED) is 0.735. The summed E-state index contributed by atoms with van der Waals surface area (Å²) in [6.45, 7) is 0.881. The van der Waals surface area contributed by atoms with Crippen LogP contribution >= 0.6 is 0 Å². The van der Waals surface area contributed by atoms with Gasteiger partial charge < -0.3 is 20.1 Å². The minimum Gasteiger partial charge on any atom is -0.374 e. The van der Waals surface area contributed by atoms with Crippen molar-refractivity contribution in [3.05, 3.63) is 70.6 Å². The van der Waals surface area contributed by atoms with Crippen LogP contribution in [-0.4, -0.2) is 24.2 Å². The Morgan fingerprint density at radius 2 is 1.85 bits per heavy atom. The van der Waals surface area contributed by atoms with E-state index in [9.17, 15) is 9.59 Å². The maximum absolute atomic E-state index is 12.6. The Balaban J connectivity index is 1.58. The second-order valence-corrected chi connectivity index (χ2v) is 6.92. The smallest absolute Gasteiger partial charge is 0.319 e. The molecule has 0 saturated heterocycles. The molecule has 2 amide bonds. The largest absolute Gasteiger partial charge is 0.374 e. The number of hydrogen-bond donors (Lipinski definition) is 2. The highest BCUT2D eigenvalue weighted by molar-refractivity contribution is 6.01. The third-order valence-electron chi connectivity index (χ3n) is 5.15. The number of pyridine rings is 1. The molecule has 6 heteroatoms. The van der Waals surface area contributed by atoms with Crippen molar-refractivity contribution in [2.45, 2.75) is 12.5 Å². The molecule has 1 aliphatic heterocycles. The fraction of sp³-hybridized carbons (Fsp3) is 0.238. The molecule has 0 bridgehead atoms. The summed E-state index contributed by atoms with van der Waals surface area (Å²) >= 11 is 0. The lowest BCUT2D eigenvalue weighted by atomic mass is 9.97. The fourth-order valence-electron chi connectivity index (χ4n) is 3.68. The third kappa shape index (κ3) is 3.14. The first kappa shape index (κ1) is 17.1. The maximum atomic E-state index is 12.6. The van der Waals surface area contributed by atoms with Crippen molar-refractivity contribution in [3.8, 4) is 0 Å². The Labute approximate surface area is 157 Å². The molecule has 4 rings (SSSR count). The summed E-state index contributed by atoms with van der Waals surface area (Å²) in [6, 6.07) is 15.0. The average molecular weight is 362 g/mol. The van der Waals surface area contributed by atoms with Crippen LogP contribution in [0.15, 0.2) is 59.5 Å². The van der Waals surface area contributed by atoms with Gasteiger partial charge in [0.25, 0.3) is 5.56 Å². The van der Waals surface area contributed by atoms with Crippen LogP contribution in [0.25, 0.3) is 10.8 Å². The van der Waals surface area contributed by atoms with Gasteiger partial charge in [-0.15, -0.1) is 0 Å². The summed E-state index contributed by atoms with van der Waals surface area (Å²) in [7, 11) is 3.78. The van der Waals surface area contributed by atoms with Crippen LogP contribution in [0.5, 0.6) is 0 Å². The zero-order valence-corrected chi connectivity index (χ0v) is 15.4. The molecule has 1 atom stereocenters. The van der Waals surface area contributed by atoms with E-state index in [1.807, 2.05) is 24.3 Å². The first-order chi connectivity index (χ1) is 13.0. The molecule has 138 valence electrons. The van der Waals surface area contributed by atoms with Gasteiger partial charge in [0, 0.05) is 43.3 Å². The number of anilines is 2. The highest BCUT2D eigenvalue weighted by Crippen LogP contribution is 2.32. The van der Waals surface area contributed by atoms with Gasteiger partial charge in [0.2, 0.25) is 0 Å². The van der Waals surface area contributed by atoms with Crippen LogP contribution in [0.3, 0.4) is 0 Å². The molecule has 27 heavy (non-hydrogen) atoms. The number of fused-ring (bicyclic) bond motifs is 2. The Kier molecular flexibility index (Phi) is 4.32. The first-order valence-corrected chi connectivity index (χ1v) is 9.00. The summed E-state index contributed by atoms with van der Waals surface area (Å²) < 4.78 is 1.53. The minimum absolute atomic E-state index is 0.0414. The summed E-state index contributed by atoms with van der Waals surface area (Å²) in [5.74, 6) is 0. The SMILES string of the molecule is CN1CCC(NC(=O)Nc2cccc3c(=O)n(C)ccc23)c2ccccc21. The molecule has 2 heterocycles. The van der Waals surface area contributed by atoms with E-state index >= 15 is 0 Å². The molecule has 0 radical (unpaired) electrons. The van der Waals surface area contributed by atoms with E-state index in [4.69, 9.17) is 0 Å². The molecular formula is C21H22N4O2. The number of para-hydroxylation sites is 1. The third-order valence-corrected chi connectivity index (χ3v) is 5.15. The van der Waals surface area contributed by atoms with Crippen molar-refractivity contribution >= 4 is 28.2 Å². The van der Waals surface area contributed by atoms with E-state index in [-0.39, 0.29) is 17.6 Å². The standard InChI is InChI=1S/C21H22N4O2/c1-24-13-11-18(16-6-3-4-9-19(16)24)23-21(27)22-17-8-5-7-15-14(17)10-12-25(2)20(15)26/h3-10,12,18H,11,13H2,1-2H3,(H2,22,23,27). The lowest BCUT2D eigenvalue weighted by Gasteiger charge is -2.33. The Morgan fingerprint density at radius 3 is 2.70 bits per heavy atom. The van der Waals surface area contributed by atoms with Crippen LogP contribution in [0.2, 0.25) is 0 Å². The number of benzene rings is 2. The maximum Gasteiger partial charge on any atom is 0.319 e.